The lowest BCUT2D eigenvalue weighted by Gasteiger charge is -1.96. The van der Waals surface area contributed by atoms with Crippen LogP contribution >= 0.6 is 0 Å². The number of nitrogens with two attached hydrogens (primary N) is 1. The number of hydrogen-bond donors (Lipinski definition) is 1. The van der Waals surface area contributed by atoms with Gasteiger partial charge in [-0.05, 0) is 12.3 Å². The van der Waals surface area contributed by atoms with Crippen LogP contribution in [0.25, 0.3) is 0 Å². The lowest BCUT2D eigenvalue weighted by molar-refractivity contribution is -0.145. The highest BCUT2D eigenvalue weighted by Crippen LogP contribution is 2.38. The molecule has 0 aromatic carbocycles. The highest BCUT2D eigenvalue weighted by molar-refractivity contribution is 5.75. The molecule has 0 heterocycles. The molecule has 0 bridgehead atoms. The van der Waals surface area contributed by atoms with Crippen LogP contribution in [0.4, 0.5) is 0 Å². The van der Waals surface area contributed by atoms with Crippen LogP contribution in [-0.4, -0.2) is 12.7 Å². The average molecular weight is 129 g/mol. The summed E-state index contributed by atoms with van der Waals surface area (Å²) in [4.78, 5) is 10.7. The molecule has 0 radical (unpaired) electrons. The number of carbonyl (C=O) groups is 1. The number of hydrogen-bond acceptors (Lipinski definition) is 3. The van der Waals surface area contributed by atoms with Gasteiger partial charge >= 0.3 is 5.97 Å². The quantitative estimate of drug-likeness (QED) is 0.425. The van der Waals surface area contributed by atoms with Crippen molar-refractivity contribution >= 4 is 5.97 Å². The Balaban J connectivity index is 2.20. The highest BCUT2D eigenvalue weighted by atomic mass is 16.5. The fourth-order valence-corrected chi connectivity index (χ4v) is 0.840. The number of ether oxygens (including phenoxy) is 1. The van der Waals surface area contributed by atoms with Gasteiger partial charge in [0.05, 0.1) is 5.92 Å². The molecule has 0 aromatic heterocycles. The van der Waals surface area contributed by atoms with E-state index in [4.69, 9.17) is 5.73 Å². The molecule has 1 saturated carbocycles. The second-order valence-electron chi connectivity index (χ2n) is 2.45. The Morgan fingerprint density at radius 1 is 1.89 bits per heavy atom. The molecule has 3 nitrogen and oxygen atoms in total. The lowest BCUT2D eigenvalue weighted by Crippen LogP contribution is -2.13. The normalized spacial score (nSPS) is 31.8. The fourth-order valence-electron chi connectivity index (χ4n) is 0.840. The Hall–Kier alpha value is -0.570. The van der Waals surface area contributed by atoms with Crippen molar-refractivity contribution in [1.29, 1.82) is 0 Å². The third-order valence-electron chi connectivity index (χ3n) is 1.64. The predicted molar refractivity (Wildman–Crippen MR) is 32.4 cm³/mol. The predicted octanol–water partition coefficient (Wildman–Crippen LogP) is 0.102. The standard InChI is InChI=1S/C6H11NO2/c1-4-2-5(4)6(8)9-3-7/h4-5H,2-3,7H2,1H3. The molecule has 2 atom stereocenters. The first-order valence-electron chi connectivity index (χ1n) is 3.12. The molecule has 1 fully saturated rings. The zero-order chi connectivity index (χ0) is 6.85. The maximum atomic E-state index is 10.7. The zero-order valence-electron chi connectivity index (χ0n) is 5.46. The summed E-state index contributed by atoms with van der Waals surface area (Å²) in [7, 11) is 0. The Kier molecular flexibility index (Phi) is 1.71. The smallest absolute Gasteiger partial charge is 0.310 e. The molecular formula is C6H11NO2. The van der Waals surface area contributed by atoms with Crippen molar-refractivity contribution < 1.29 is 9.53 Å². The molecule has 0 spiro atoms. The van der Waals surface area contributed by atoms with Gasteiger partial charge in [0.2, 0.25) is 0 Å². The number of esters is 1. The van der Waals surface area contributed by atoms with E-state index in [1.807, 2.05) is 6.92 Å². The molecule has 0 aromatic rings. The summed E-state index contributed by atoms with van der Waals surface area (Å²) >= 11 is 0. The van der Waals surface area contributed by atoms with Gasteiger partial charge in [0.15, 0.2) is 0 Å². The topological polar surface area (TPSA) is 52.3 Å². The lowest BCUT2D eigenvalue weighted by atomic mass is 10.3. The molecule has 1 rings (SSSR count). The molecule has 0 amide bonds. The monoisotopic (exact) mass is 129 g/mol. The Morgan fingerprint density at radius 2 is 2.44 bits per heavy atom. The van der Waals surface area contributed by atoms with Crippen LogP contribution in [0.2, 0.25) is 0 Å². The number of carbonyl (C=O) groups excluding carboxylic acids is 1. The van der Waals surface area contributed by atoms with Gasteiger partial charge in [0.1, 0.15) is 6.73 Å². The molecule has 1 aliphatic carbocycles. The minimum Gasteiger partial charge on any atom is -0.450 e. The first kappa shape index (κ1) is 6.55. The Morgan fingerprint density at radius 3 is 2.78 bits per heavy atom. The van der Waals surface area contributed by atoms with Crippen molar-refractivity contribution in [3.63, 3.8) is 0 Å². The molecule has 9 heavy (non-hydrogen) atoms. The van der Waals surface area contributed by atoms with E-state index in [0.717, 1.165) is 6.42 Å². The van der Waals surface area contributed by atoms with Crippen LogP contribution in [0, 0.1) is 11.8 Å². The summed E-state index contributed by atoms with van der Waals surface area (Å²) in [5.41, 5.74) is 5.00. The molecule has 0 saturated heterocycles. The Labute approximate surface area is 54.2 Å². The van der Waals surface area contributed by atoms with Gasteiger partial charge in [-0.1, -0.05) is 6.92 Å². The van der Waals surface area contributed by atoms with Gasteiger partial charge in [0.25, 0.3) is 0 Å². The van der Waals surface area contributed by atoms with E-state index in [-0.39, 0.29) is 18.6 Å². The van der Waals surface area contributed by atoms with Crippen LogP contribution in [0.1, 0.15) is 13.3 Å². The zero-order valence-corrected chi connectivity index (χ0v) is 5.46. The van der Waals surface area contributed by atoms with E-state index < -0.39 is 0 Å². The maximum absolute atomic E-state index is 10.7. The van der Waals surface area contributed by atoms with Crippen LogP contribution < -0.4 is 5.73 Å². The van der Waals surface area contributed by atoms with Gasteiger partial charge in [-0.2, -0.15) is 0 Å². The van der Waals surface area contributed by atoms with Crippen LogP contribution in [-0.2, 0) is 9.53 Å². The summed E-state index contributed by atoms with van der Waals surface area (Å²) in [6.45, 7) is 2.05. The highest BCUT2D eigenvalue weighted by Gasteiger charge is 2.40. The van der Waals surface area contributed by atoms with Crippen molar-refractivity contribution in [3.05, 3.63) is 0 Å². The van der Waals surface area contributed by atoms with Gasteiger partial charge in [-0.15, -0.1) is 0 Å². The summed E-state index contributed by atoms with van der Waals surface area (Å²) in [5.74, 6) is 0.530. The van der Waals surface area contributed by atoms with E-state index in [0.29, 0.717) is 5.92 Å². The van der Waals surface area contributed by atoms with Crippen LogP contribution in [0.5, 0.6) is 0 Å². The largest absolute Gasteiger partial charge is 0.450 e. The molecule has 2 N–H and O–H groups in total. The van der Waals surface area contributed by atoms with Crippen LogP contribution in [0.15, 0.2) is 0 Å². The van der Waals surface area contributed by atoms with E-state index in [9.17, 15) is 4.79 Å². The first-order valence-corrected chi connectivity index (χ1v) is 3.12. The van der Waals surface area contributed by atoms with Crippen molar-refractivity contribution in [2.75, 3.05) is 6.73 Å². The van der Waals surface area contributed by atoms with Gasteiger partial charge < -0.3 is 4.74 Å². The SMILES string of the molecule is CC1CC1C(=O)OCN. The van der Waals surface area contributed by atoms with E-state index in [2.05, 4.69) is 4.74 Å². The van der Waals surface area contributed by atoms with Crippen molar-refractivity contribution in [3.8, 4) is 0 Å². The minimum absolute atomic E-state index is 0.0159. The summed E-state index contributed by atoms with van der Waals surface area (Å²) in [6, 6.07) is 0. The minimum atomic E-state index is -0.134. The van der Waals surface area contributed by atoms with E-state index >= 15 is 0 Å². The molecule has 52 valence electrons. The molecule has 2 unspecified atom stereocenters. The molecule has 1 aliphatic rings. The van der Waals surface area contributed by atoms with Crippen molar-refractivity contribution in [2.45, 2.75) is 13.3 Å². The van der Waals surface area contributed by atoms with E-state index in [1.54, 1.807) is 0 Å². The number of rotatable bonds is 2. The van der Waals surface area contributed by atoms with E-state index in [1.165, 1.54) is 0 Å². The average Bonchev–Trinajstić information content (AvgIpc) is 2.47. The maximum Gasteiger partial charge on any atom is 0.310 e. The first-order chi connectivity index (χ1) is 4.25. The van der Waals surface area contributed by atoms with Gasteiger partial charge in [-0.25, -0.2) is 0 Å². The summed E-state index contributed by atoms with van der Waals surface area (Å²) in [5, 5.41) is 0. The third kappa shape index (κ3) is 1.42. The summed E-state index contributed by atoms with van der Waals surface area (Å²) in [6.07, 6.45) is 0.971. The van der Waals surface area contributed by atoms with Gasteiger partial charge in [0, 0.05) is 0 Å². The molecule has 3 heteroatoms. The second-order valence-corrected chi connectivity index (χ2v) is 2.45. The van der Waals surface area contributed by atoms with Crippen molar-refractivity contribution in [2.24, 2.45) is 17.6 Å². The molecule has 0 aliphatic heterocycles. The molecular weight excluding hydrogens is 118 g/mol. The second kappa shape index (κ2) is 2.35. The van der Waals surface area contributed by atoms with Crippen LogP contribution in [0.3, 0.4) is 0 Å². The Bertz CT molecular complexity index is 124. The fraction of sp³-hybridized carbons (Fsp3) is 0.833. The third-order valence-corrected chi connectivity index (χ3v) is 1.64. The van der Waals surface area contributed by atoms with Crippen molar-refractivity contribution in [1.82, 2.24) is 0 Å². The van der Waals surface area contributed by atoms with Gasteiger partial charge in [-0.3, -0.25) is 10.5 Å². The summed E-state index contributed by atoms with van der Waals surface area (Å²) < 4.78 is 4.58.